The van der Waals surface area contributed by atoms with Crippen LogP contribution >= 0.6 is 0 Å². The number of carboxylic acids is 1. The van der Waals surface area contributed by atoms with Crippen molar-refractivity contribution in [2.75, 3.05) is 19.0 Å². The van der Waals surface area contributed by atoms with E-state index in [9.17, 15) is 9.59 Å². The Hall–Kier alpha value is -3.04. The number of aromatic carboxylic acids is 1. The maximum atomic E-state index is 11.3. The fourth-order valence-corrected chi connectivity index (χ4v) is 1.46. The summed E-state index contributed by atoms with van der Waals surface area (Å²) in [4.78, 5) is 29.8. The third-order valence-electron chi connectivity index (χ3n) is 2.43. The van der Waals surface area contributed by atoms with Crippen LogP contribution in [-0.4, -0.2) is 55.7 Å². The topological polar surface area (TPSA) is 132 Å². The van der Waals surface area contributed by atoms with Crippen molar-refractivity contribution in [3.63, 3.8) is 0 Å². The van der Waals surface area contributed by atoms with Crippen LogP contribution in [0.5, 0.6) is 0 Å². The lowest BCUT2D eigenvalue weighted by atomic mass is 10.4. The average molecular weight is 292 g/mol. The van der Waals surface area contributed by atoms with Crippen molar-refractivity contribution in [1.29, 1.82) is 0 Å². The van der Waals surface area contributed by atoms with Crippen molar-refractivity contribution < 1.29 is 19.4 Å². The van der Waals surface area contributed by atoms with E-state index in [2.05, 4.69) is 30.3 Å². The minimum absolute atomic E-state index is 0.0939. The number of carbonyl (C=O) groups excluding carboxylic acids is 1. The van der Waals surface area contributed by atoms with Gasteiger partial charge in [-0.3, -0.25) is 4.98 Å². The van der Waals surface area contributed by atoms with E-state index in [4.69, 9.17) is 5.11 Å². The first-order chi connectivity index (χ1) is 10.1. The molecule has 110 valence electrons. The van der Waals surface area contributed by atoms with Crippen molar-refractivity contribution in [1.82, 2.24) is 25.0 Å². The van der Waals surface area contributed by atoms with Gasteiger partial charge in [-0.1, -0.05) is 5.21 Å². The zero-order valence-corrected chi connectivity index (χ0v) is 11.1. The highest BCUT2D eigenvalue weighted by molar-refractivity contribution is 5.87. The molecular weight excluding hydrogens is 280 g/mol. The van der Waals surface area contributed by atoms with Crippen molar-refractivity contribution in [3.05, 3.63) is 30.0 Å². The smallest absolute Gasteiger partial charge is 0.358 e. The van der Waals surface area contributed by atoms with E-state index in [0.29, 0.717) is 18.9 Å². The zero-order chi connectivity index (χ0) is 15.2. The van der Waals surface area contributed by atoms with Gasteiger partial charge in [0.25, 0.3) is 0 Å². The van der Waals surface area contributed by atoms with Gasteiger partial charge in [-0.25, -0.2) is 19.3 Å². The van der Waals surface area contributed by atoms with Crippen molar-refractivity contribution >= 4 is 17.8 Å². The highest BCUT2D eigenvalue weighted by Crippen LogP contribution is 2.03. The zero-order valence-electron chi connectivity index (χ0n) is 11.1. The number of rotatable bonds is 6. The van der Waals surface area contributed by atoms with Gasteiger partial charge in [0.05, 0.1) is 32.2 Å². The maximum absolute atomic E-state index is 11.3. The molecule has 0 aromatic carbocycles. The summed E-state index contributed by atoms with van der Waals surface area (Å²) in [5, 5.41) is 18.8. The molecule has 0 radical (unpaired) electrons. The number of hydrogen-bond acceptors (Lipinski definition) is 8. The fraction of sp³-hybridized carbons (Fsp3) is 0.273. The van der Waals surface area contributed by atoms with Crippen LogP contribution in [0, 0.1) is 0 Å². The van der Waals surface area contributed by atoms with Gasteiger partial charge in [0.1, 0.15) is 5.82 Å². The molecule has 2 aromatic heterocycles. The second kappa shape index (κ2) is 6.41. The number of ether oxygens (including phenoxy) is 1. The molecule has 0 amide bonds. The van der Waals surface area contributed by atoms with E-state index in [1.807, 2.05) is 0 Å². The van der Waals surface area contributed by atoms with Crippen molar-refractivity contribution in [2.45, 2.75) is 6.54 Å². The third-order valence-corrected chi connectivity index (χ3v) is 2.43. The van der Waals surface area contributed by atoms with Crippen LogP contribution in [0.25, 0.3) is 0 Å². The van der Waals surface area contributed by atoms with Crippen LogP contribution in [-0.2, 0) is 11.3 Å². The van der Waals surface area contributed by atoms with Crippen LogP contribution in [0.15, 0.2) is 18.6 Å². The number of aromatic nitrogens is 5. The van der Waals surface area contributed by atoms with E-state index < -0.39 is 11.9 Å². The molecule has 0 aliphatic carbocycles. The molecule has 21 heavy (non-hydrogen) atoms. The first-order valence-electron chi connectivity index (χ1n) is 5.88. The first-order valence-corrected chi connectivity index (χ1v) is 5.88. The van der Waals surface area contributed by atoms with Gasteiger partial charge in [0.2, 0.25) is 0 Å². The molecule has 0 atom stereocenters. The van der Waals surface area contributed by atoms with Crippen molar-refractivity contribution in [3.8, 4) is 0 Å². The normalized spacial score (nSPS) is 10.1. The number of hydrogen-bond donors (Lipinski definition) is 2. The number of nitrogens with one attached hydrogen (secondary N) is 1. The molecule has 0 fully saturated rings. The second-order valence-corrected chi connectivity index (χ2v) is 3.88. The molecule has 0 spiro atoms. The number of anilines is 1. The average Bonchev–Trinajstić information content (AvgIpc) is 2.96. The van der Waals surface area contributed by atoms with E-state index in [-0.39, 0.29) is 11.4 Å². The van der Waals surface area contributed by atoms with Gasteiger partial charge in [-0.15, -0.1) is 5.10 Å². The number of carboxylic acid groups (broad SMARTS) is 1. The molecule has 0 aliphatic heterocycles. The van der Waals surface area contributed by atoms with E-state index in [1.165, 1.54) is 30.4 Å². The third kappa shape index (κ3) is 3.72. The van der Waals surface area contributed by atoms with Gasteiger partial charge in [0, 0.05) is 6.54 Å². The fourth-order valence-electron chi connectivity index (χ4n) is 1.46. The van der Waals surface area contributed by atoms with Gasteiger partial charge < -0.3 is 15.2 Å². The molecule has 2 rings (SSSR count). The molecule has 2 N–H and O–H groups in total. The SMILES string of the molecule is COC(=O)c1cncc(NCCn2cc(C(=O)O)nn2)n1. The molecule has 0 aliphatic rings. The molecule has 2 aromatic rings. The highest BCUT2D eigenvalue weighted by Gasteiger charge is 2.09. The summed E-state index contributed by atoms with van der Waals surface area (Å²) in [6.45, 7) is 0.784. The van der Waals surface area contributed by atoms with Gasteiger partial charge in [0.15, 0.2) is 11.4 Å². The first kappa shape index (κ1) is 14.4. The maximum Gasteiger partial charge on any atom is 0.358 e. The Morgan fingerprint density at radius 2 is 2.19 bits per heavy atom. The molecule has 0 saturated heterocycles. The second-order valence-electron chi connectivity index (χ2n) is 3.88. The van der Waals surface area contributed by atoms with Crippen LogP contribution in [0.1, 0.15) is 21.0 Å². The predicted molar refractivity (Wildman–Crippen MR) is 68.8 cm³/mol. The number of esters is 1. The van der Waals surface area contributed by atoms with Crippen molar-refractivity contribution in [2.24, 2.45) is 0 Å². The Bertz CT molecular complexity index is 656. The largest absolute Gasteiger partial charge is 0.476 e. The van der Waals surface area contributed by atoms with Gasteiger partial charge >= 0.3 is 11.9 Å². The van der Waals surface area contributed by atoms with Crippen LogP contribution in [0.4, 0.5) is 5.82 Å². The van der Waals surface area contributed by atoms with E-state index in [0.717, 1.165) is 0 Å². The monoisotopic (exact) mass is 292 g/mol. The Balaban J connectivity index is 1.91. The molecule has 2 heterocycles. The molecule has 10 heteroatoms. The Kier molecular flexibility index (Phi) is 4.39. The minimum Gasteiger partial charge on any atom is -0.476 e. The summed E-state index contributed by atoms with van der Waals surface area (Å²) in [7, 11) is 1.26. The number of nitrogens with zero attached hydrogens (tertiary/aromatic N) is 5. The lowest BCUT2D eigenvalue weighted by Gasteiger charge is -2.05. The predicted octanol–water partition coefficient (Wildman–Crippen LogP) is -0.335. The lowest BCUT2D eigenvalue weighted by molar-refractivity contribution is 0.0592. The summed E-state index contributed by atoms with van der Waals surface area (Å²) in [6.07, 6.45) is 4.07. The molecule has 0 unspecified atom stereocenters. The summed E-state index contributed by atoms with van der Waals surface area (Å²) < 4.78 is 5.93. The van der Waals surface area contributed by atoms with Crippen LogP contribution < -0.4 is 5.32 Å². The highest BCUT2D eigenvalue weighted by atomic mass is 16.5. The van der Waals surface area contributed by atoms with E-state index >= 15 is 0 Å². The van der Waals surface area contributed by atoms with Crippen LogP contribution in [0.3, 0.4) is 0 Å². The Labute approximate surface area is 118 Å². The molecule has 0 bridgehead atoms. The molecular formula is C11H12N6O4. The van der Waals surface area contributed by atoms with Gasteiger partial charge in [-0.2, -0.15) is 0 Å². The summed E-state index contributed by atoms with van der Waals surface area (Å²) in [5.41, 5.74) is -0.0288. The lowest BCUT2D eigenvalue weighted by Crippen LogP contribution is -2.13. The molecule has 0 saturated carbocycles. The van der Waals surface area contributed by atoms with Crippen LogP contribution in [0.2, 0.25) is 0 Å². The quantitative estimate of drug-likeness (QED) is 0.686. The summed E-state index contributed by atoms with van der Waals surface area (Å²) >= 11 is 0. The summed E-state index contributed by atoms with van der Waals surface area (Å²) in [6, 6.07) is 0. The summed E-state index contributed by atoms with van der Waals surface area (Å²) in [5.74, 6) is -1.31. The Morgan fingerprint density at radius 1 is 1.38 bits per heavy atom. The Morgan fingerprint density at radius 3 is 2.86 bits per heavy atom. The number of methoxy groups -OCH3 is 1. The molecule has 10 nitrogen and oxygen atoms in total. The minimum atomic E-state index is -1.13. The number of carbonyl (C=O) groups is 2. The standard InChI is InChI=1S/C11H12N6O4/c1-21-11(20)7-4-12-5-9(14-7)13-2-3-17-6-8(10(18)19)15-16-17/h4-6H,2-3H2,1H3,(H,13,14)(H,18,19). The van der Waals surface area contributed by atoms with E-state index in [1.54, 1.807) is 0 Å². The van der Waals surface area contributed by atoms with Gasteiger partial charge in [-0.05, 0) is 0 Å².